The topological polar surface area (TPSA) is 69.5 Å². The summed E-state index contributed by atoms with van der Waals surface area (Å²) >= 11 is 0. The molecule has 0 aromatic heterocycles. The molecule has 1 saturated carbocycles. The number of carbonyl (C=O) groups excluding carboxylic acids is 1. The van der Waals surface area contributed by atoms with Gasteiger partial charge in [-0.1, -0.05) is 49.6 Å². The third-order valence-corrected chi connectivity index (χ3v) is 8.14. The van der Waals surface area contributed by atoms with Crippen molar-refractivity contribution in [3.05, 3.63) is 89.0 Å². The van der Waals surface area contributed by atoms with Gasteiger partial charge < -0.3 is 10.1 Å². The zero-order valence-electron chi connectivity index (χ0n) is 23.4. The number of urea groups is 1. The first-order valence-electron chi connectivity index (χ1n) is 14.4. The lowest BCUT2D eigenvalue weighted by Crippen LogP contribution is -2.34. The van der Waals surface area contributed by atoms with Crippen LogP contribution in [0.1, 0.15) is 54.4 Å². The first kappa shape index (κ1) is 26.1. The third-order valence-electron chi connectivity index (χ3n) is 8.14. The summed E-state index contributed by atoms with van der Waals surface area (Å²) in [7, 11) is 1.77. The molecule has 0 atom stereocenters. The molecule has 2 amide bonds. The van der Waals surface area contributed by atoms with E-state index in [1.807, 2.05) is 47.4 Å². The fourth-order valence-corrected chi connectivity index (χ4v) is 5.92. The number of hydrazone groups is 1. The predicted molar refractivity (Wildman–Crippen MR) is 161 cm³/mol. The molecule has 2 heterocycles. The highest BCUT2D eigenvalue weighted by atomic mass is 16.5. The molecule has 206 valence electrons. The fourth-order valence-electron chi connectivity index (χ4n) is 5.92. The minimum absolute atomic E-state index is 0.158. The minimum Gasteiger partial charge on any atom is -0.489 e. The number of amides is 2. The molecule has 3 aromatic rings. The molecule has 1 N–H and O–H groups in total. The Bertz CT molecular complexity index is 1430. The Kier molecular flexibility index (Phi) is 7.53. The van der Waals surface area contributed by atoms with Crippen LogP contribution in [0.4, 0.5) is 16.2 Å². The molecule has 0 bridgehead atoms. The van der Waals surface area contributed by atoms with Crippen molar-refractivity contribution in [3.8, 4) is 5.75 Å². The van der Waals surface area contributed by atoms with Gasteiger partial charge in [-0.25, -0.2) is 9.80 Å². The predicted octanol–water partition coefficient (Wildman–Crippen LogP) is 6.61. The molecule has 2 aliphatic heterocycles. The van der Waals surface area contributed by atoms with Crippen LogP contribution in [0.15, 0.2) is 76.8 Å². The van der Waals surface area contributed by atoms with Gasteiger partial charge in [0.25, 0.3) is 0 Å². The van der Waals surface area contributed by atoms with Gasteiger partial charge in [0.15, 0.2) is 0 Å². The molecule has 3 aromatic carbocycles. The number of benzene rings is 3. The summed E-state index contributed by atoms with van der Waals surface area (Å²) in [6, 6.07) is 22.3. The highest BCUT2D eigenvalue weighted by molar-refractivity contribution is 6.14. The van der Waals surface area contributed by atoms with Gasteiger partial charge in [0.05, 0.1) is 23.6 Å². The van der Waals surface area contributed by atoms with Gasteiger partial charge in [0, 0.05) is 31.5 Å². The smallest absolute Gasteiger partial charge is 0.349 e. The maximum absolute atomic E-state index is 13.9. The number of fused-ring (bicyclic) bond motifs is 1. The molecular formula is C33H37N5O2. The second kappa shape index (κ2) is 11.5. The number of ether oxygens (including phenoxy) is 1. The van der Waals surface area contributed by atoms with Gasteiger partial charge in [-0.15, -0.1) is 0 Å². The molecule has 0 unspecified atom stereocenters. The molecule has 7 heteroatoms. The minimum atomic E-state index is -0.158. The van der Waals surface area contributed by atoms with E-state index in [2.05, 4.69) is 41.5 Å². The summed E-state index contributed by atoms with van der Waals surface area (Å²) in [6.45, 7) is 4.29. The maximum atomic E-state index is 13.9. The van der Waals surface area contributed by atoms with E-state index >= 15 is 0 Å². The van der Waals surface area contributed by atoms with Crippen LogP contribution < -0.4 is 15.0 Å². The van der Waals surface area contributed by atoms with Crippen LogP contribution in [0.3, 0.4) is 0 Å². The van der Waals surface area contributed by atoms with Gasteiger partial charge in [0.2, 0.25) is 0 Å². The summed E-state index contributed by atoms with van der Waals surface area (Å²) in [5.74, 6) is 2.19. The first-order chi connectivity index (χ1) is 19.6. The summed E-state index contributed by atoms with van der Waals surface area (Å²) in [5.41, 5.74) is 7.10. The van der Waals surface area contributed by atoms with Crippen LogP contribution in [0.2, 0.25) is 0 Å². The maximum Gasteiger partial charge on any atom is 0.349 e. The highest BCUT2D eigenvalue weighted by Gasteiger charge is 2.33. The van der Waals surface area contributed by atoms with Crippen molar-refractivity contribution in [2.24, 2.45) is 16.0 Å². The monoisotopic (exact) mass is 535 g/mol. The molecule has 0 spiro atoms. The second-order valence-electron chi connectivity index (χ2n) is 11.0. The van der Waals surface area contributed by atoms with Crippen molar-refractivity contribution in [2.45, 2.75) is 52.1 Å². The van der Waals surface area contributed by atoms with Crippen LogP contribution in [0.25, 0.3) is 0 Å². The van der Waals surface area contributed by atoms with Gasteiger partial charge in [0.1, 0.15) is 18.2 Å². The van der Waals surface area contributed by atoms with Crippen molar-refractivity contribution in [1.82, 2.24) is 10.3 Å². The van der Waals surface area contributed by atoms with Crippen molar-refractivity contribution in [3.63, 3.8) is 0 Å². The van der Waals surface area contributed by atoms with E-state index < -0.39 is 0 Å². The number of nitrogens with zero attached hydrogens (tertiary/aromatic N) is 4. The van der Waals surface area contributed by atoms with E-state index in [1.54, 1.807) is 7.05 Å². The molecule has 0 radical (unpaired) electrons. The average molecular weight is 536 g/mol. The molecule has 3 aliphatic rings. The normalized spacial score (nSPS) is 17.6. The zero-order valence-corrected chi connectivity index (χ0v) is 23.4. The van der Waals surface area contributed by atoms with E-state index in [0.717, 1.165) is 83.3 Å². The van der Waals surface area contributed by atoms with E-state index in [9.17, 15) is 4.79 Å². The Hall–Kier alpha value is -4.13. The average Bonchev–Trinajstić information content (AvgIpc) is 3.47. The van der Waals surface area contributed by atoms with Gasteiger partial charge in [-0.3, -0.25) is 9.89 Å². The van der Waals surface area contributed by atoms with Gasteiger partial charge in [-0.05, 0) is 72.9 Å². The fraction of sp³-hybridized carbons (Fsp3) is 0.364. The molecule has 0 saturated heterocycles. The SMILES string of the molecule is Cc1cc2c(cc1COc1ccccc1)C(C1CCCCC1)=NN(C)C(=O)N2c1ccc(CC2=NCCN2)cc1. The number of amidine groups is 1. The summed E-state index contributed by atoms with van der Waals surface area (Å²) < 4.78 is 6.15. The van der Waals surface area contributed by atoms with Crippen LogP contribution in [0, 0.1) is 12.8 Å². The number of nitrogens with one attached hydrogen (secondary N) is 1. The molecule has 40 heavy (non-hydrogen) atoms. The third kappa shape index (κ3) is 5.46. The van der Waals surface area contributed by atoms with Crippen molar-refractivity contribution in [2.75, 3.05) is 25.0 Å². The number of hydrogen-bond acceptors (Lipinski definition) is 5. The number of anilines is 2. The Morgan fingerprint density at radius 1 is 1.00 bits per heavy atom. The highest BCUT2D eigenvalue weighted by Crippen LogP contribution is 2.39. The zero-order chi connectivity index (χ0) is 27.5. The number of hydrogen-bond donors (Lipinski definition) is 1. The summed E-state index contributed by atoms with van der Waals surface area (Å²) in [5, 5.41) is 9.82. The number of carbonyl (C=O) groups is 1. The Morgan fingerprint density at radius 3 is 2.50 bits per heavy atom. The molecule has 7 nitrogen and oxygen atoms in total. The second-order valence-corrected chi connectivity index (χ2v) is 11.0. The summed E-state index contributed by atoms with van der Waals surface area (Å²) in [4.78, 5) is 20.2. The van der Waals surface area contributed by atoms with Crippen LogP contribution in [0.5, 0.6) is 5.75 Å². The molecule has 6 rings (SSSR count). The number of rotatable bonds is 7. The van der Waals surface area contributed by atoms with Crippen LogP contribution >= 0.6 is 0 Å². The van der Waals surface area contributed by atoms with E-state index in [4.69, 9.17) is 9.84 Å². The lowest BCUT2D eigenvalue weighted by Gasteiger charge is -2.27. The Balaban J connectivity index is 1.39. The van der Waals surface area contributed by atoms with Gasteiger partial charge in [-0.2, -0.15) is 5.10 Å². The Morgan fingerprint density at radius 2 is 1.77 bits per heavy atom. The van der Waals surface area contributed by atoms with E-state index in [-0.39, 0.29) is 6.03 Å². The standard InChI is InChI=1S/C33H37N5O2/c1-23-19-30-29(21-26(23)22-40-28-11-7-4-8-12-28)32(25-9-5-3-6-10-25)36-37(2)33(39)38(30)27-15-13-24(14-16-27)20-31-34-17-18-35-31/h4,7-8,11-16,19,21,25H,3,5-6,9-10,17-18,20,22H2,1-2H3,(H,34,35). The number of aryl methyl sites for hydroxylation is 1. The van der Waals surface area contributed by atoms with E-state index in [1.165, 1.54) is 24.3 Å². The van der Waals surface area contributed by atoms with Crippen LogP contribution in [-0.2, 0) is 13.0 Å². The number of aliphatic imine (C=N–C) groups is 1. The van der Waals surface area contributed by atoms with Crippen molar-refractivity contribution >= 4 is 29.0 Å². The molecule has 1 fully saturated rings. The van der Waals surface area contributed by atoms with Crippen molar-refractivity contribution in [1.29, 1.82) is 0 Å². The molecular weight excluding hydrogens is 498 g/mol. The lowest BCUT2D eigenvalue weighted by molar-refractivity contribution is 0.220. The largest absolute Gasteiger partial charge is 0.489 e. The first-order valence-corrected chi connectivity index (χ1v) is 14.4. The Labute approximate surface area is 236 Å². The summed E-state index contributed by atoms with van der Waals surface area (Å²) in [6.07, 6.45) is 6.60. The van der Waals surface area contributed by atoms with Gasteiger partial charge >= 0.3 is 6.03 Å². The number of para-hydroxylation sites is 1. The quantitative estimate of drug-likeness (QED) is 0.370. The molecule has 1 aliphatic carbocycles. The van der Waals surface area contributed by atoms with Crippen LogP contribution in [-0.4, -0.2) is 42.7 Å². The van der Waals surface area contributed by atoms with Crippen molar-refractivity contribution < 1.29 is 9.53 Å². The lowest BCUT2D eigenvalue weighted by atomic mass is 9.82. The van der Waals surface area contributed by atoms with E-state index in [0.29, 0.717) is 12.5 Å².